The van der Waals surface area contributed by atoms with Gasteiger partial charge in [0.2, 0.25) is 0 Å². The van der Waals surface area contributed by atoms with E-state index in [0.29, 0.717) is 24.7 Å². The SMILES string of the molecule is Cc1cc(OCc2csc(C(=O)NC3CC4CCC(C3)N4C)c2)ccc1Cl. The summed E-state index contributed by atoms with van der Waals surface area (Å²) in [5.74, 6) is 0.832. The van der Waals surface area contributed by atoms with E-state index in [-0.39, 0.29) is 5.91 Å². The standard InChI is InChI=1S/C21H25ClN2O2S/c1-13-7-18(5-6-19(13)22)26-11-14-8-20(27-12-14)21(25)23-15-9-16-3-4-17(10-15)24(16)2/h5-8,12,15-17H,3-4,9-11H2,1-2H3,(H,23,25). The van der Waals surface area contributed by atoms with E-state index in [9.17, 15) is 4.79 Å². The minimum atomic E-state index is 0.0440. The highest BCUT2D eigenvalue weighted by Gasteiger charge is 2.38. The van der Waals surface area contributed by atoms with Crippen molar-refractivity contribution in [1.82, 2.24) is 10.2 Å². The van der Waals surface area contributed by atoms with Crippen LogP contribution in [-0.4, -0.2) is 36.0 Å². The van der Waals surface area contributed by atoms with Crippen molar-refractivity contribution in [2.75, 3.05) is 7.05 Å². The largest absolute Gasteiger partial charge is 0.489 e. The van der Waals surface area contributed by atoms with E-state index in [1.54, 1.807) is 0 Å². The van der Waals surface area contributed by atoms with Crippen LogP contribution in [0.25, 0.3) is 0 Å². The minimum absolute atomic E-state index is 0.0440. The number of nitrogens with one attached hydrogen (secondary N) is 1. The molecule has 2 unspecified atom stereocenters. The van der Waals surface area contributed by atoms with Gasteiger partial charge in [0.15, 0.2) is 0 Å². The Labute approximate surface area is 169 Å². The van der Waals surface area contributed by atoms with Gasteiger partial charge in [-0.3, -0.25) is 4.79 Å². The molecule has 2 aromatic rings. The molecule has 2 saturated heterocycles. The number of carbonyl (C=O) groups excluding carboxylic acids is 1. The maximum atomic E-state index is 12.6. The van der Waals surface area contributed by atoms with Gasteiger partial charge in [-0.25, -0.2) is 0 Å². The number of hydrogen-bond acceptors (Lipinski definition) is 4. The van der Waals surface area contributed by atoms with Crippen molar-refractivity contribution in [3.63, 3.8) is 0 Å². The highest BCUT2D eigenvalue weighted by Crippen LogP contribution is 2.34. The molecule has 1 N–H and O–H groups in total. The van der Waals surface area contributed by atoms with E-state index in [1.807, 2.05) is 36.6 Å². The summed E-state index contributed by atoms with van der Waals surface area (Å²) >= 11 is 7.53. The summed E-state index contributed by atoms with van der Waals surface area (Å²) in [5.41, 5.74) is 2.01. The smallest absolute Gasteiger partial charge is 0.261 e. The van der Waals surface area contributed by atoms with Crippen LogP contribution in [0, 0.1) is 6.92 Å². The highest BCUT2D eigenvalue weighted by molar-refractivity contribution is 7.12. The number of carbonyl (C=O) groups is 1. The van der Waals surface area contributed by atoms with E-state index >= 15 is 0 Å². The molecule has 1 amide bonds. The van der Waals surface area contributed by atoms with Gasteiger partial charge in [0.05, 0.1) is 4.88 Å². The molecule has 2 fully saturated rings. The first-order valence-corrected chi connectivity index (χ1v) is 10.7. The summed E-state index contributed by atoms with van der Waals surface area (Å²) < 4.78 is 5.83. The second-order valence-corrected chi connectivity index (χ2v) is 9.03. The molecule has 4 rings (SSSR count). The Bertz CT molecular complexity index is 823. The lowest BCUT2D eigenvalue weighted by atomic mass is 9.98. The van der Waals surface area contributed by atoms with Crippen LogP contribution in [0.5, 0.6) is 5.75 Å². The van der Waals surface area contributed by atoms with Crippen molar-refractivity contribution >= 4 is 28.8 Å². The number of benzene rings is 1. The van der Waals surface area contributed by atoms with Gasteiger partial charge in [0, 0.05) is 28.7 Å². The highest BCUT2D eigenvalue weighted by atomic mass is 35.5. The molecule has 2 atom stereocenters. The molecular formula is C21H25ClN2O2S. The van der Waals surface area contributed by atoms with Crippen molar-refractivity contribution in [2.24, 2.45) is 0 Å². The molecule has 0 saturated carbocycles. The Morgan fingerprint density at radius 3 is 2.74 bits per heavy atom. The molecule has 2 aliphatic rings. The maximum Gasteiger partial charge on any atom is 0.261 e. The number of nitrogens with zero attached hydrogens (tertiary/aromatic N) is 1. The molecule has 3 heterocycles. The van der Waals surface area contributed by atoms with Crippen molar-refractivity contribution in [3.8, 4) is 5.75 Å². The van der Waals surface area contributed by atoms with Gasteiger partial charge in [0.25, 0.3) is 5.91 Å². The number of ether oxygens (including phenoxy) is 1. The molecule has 0 spiro atoms. The third kappa shape index (κ3) is 4.15. The summed E-state index contributed by atoms with van der Waals surface area (Å²) in [7, 11) is 2.22. The Kier molecular flexibility index (Phi) is 5.44. The second kappa shape index (κ2) is 7.82. The number of amides is 1. The van der Waals surface area contributed by atoms with Crippen LogP contribution in [0.15, 0.2) is 29.6 Å². The first kappa shape index (κ1) is 18.8. The molecule has 27 heavy (non-hydrogen) atoms. The summed E-state index contributed by atoms with van der Waals surface area (Å²) in [6.07, 6.45) is 4.66. The van der Waals surface area contributed by atoms with Gasteiger partial charge in [-0.15, -0.1) is 11.3 Å². The topological polar surface area (TPSA) is 41.6 Å². The lowest BCUT2D eigenvalue weighted by Crippen LogP contribution is -2.48. The average molecular weight is 405 g/mol. The minimum Gasteiger partial charge on any atom is -0.489 e. The zero-order valence-corrected chi connectivity index (χ0v) is 17.3. The average Bonchev–Trinajstić information content (AvgIpc) is 3.18. The zero-order chi connectivity index (χ0) is 19.0. The predicted molar refractivity (Wildman–Crippen MR) is 110 cm³/mol. The van der Waals surface area contributed by atoms with Gasteiger partial charge >= 0.3 is 0 Å². The first-order valence-electron chi connectivity index (χ1n) is 9.49. The van der Waals surface area contributed by atoms with Gasteiger partial charge in [-0.1, -0.05) is 11.6 Å². The molecule has 0 aliphatic carbocycles. The van der Waals surface area contributed by atoms with Crippen LogP contribution in [0.1, 0.15) is 46.5 Å². The number of aryl methyl sites for hydroxylation is 1. The number of thiophene rings is 1. The molecular weight excluding hydrogens is 380 g/mol. The van der Waals surface area contributed by atoms with Crippen molar-refractivity contribution in [2.45, 2.75) is 57.3 Å². The lowest BCUT2D eigenvalue weighted by molar-refractivity contribution is 0.0886. The monoisotopic (exact) mass is 404 g/mol. The van der Waals surface area contributed by atoms with Crippen LogP contribution in [0.4, 0.5) is 0 Å². The molecule has 2 aliphatic heterocycles. The molecule has 0 radical (unpaired) electrons. The summed E-state index contributed by atoms with van der Waals surface area (Å²) in [6.45, 7) is 2.40. The third-order valence-electron chi connectivity index (χ3n) is 5.85. The maximum absolute atomic E-state index is 12.6. The van der Waals surface area contributed by atoms with Crippen LogP contribution >= 0.6 is 22.9 Å². The van der Waals surface area contributed by atoms with E-state index in [4.69, 9.17) is 16.3 Å². The van der Waals surface area contributed by atoms with Gasteiger partial charge < -0.3 is 15.0 Å². The van der Waals surface area contributed by atoms with Gasteiger partial charge in [-0.2, -0.15) is 0 Å². The number of halogens is 1. The summed E-state index contributed by atoms with van der Waals surface area (Å²) in [5, 5.41) is 5.98. The van der Waals surface area contributed by atoms with Crippen LogP contribution in [0.2, 0.25) is 5.02 Å². The number of piperidine rings is 1. The van der Waals surface area contributed by atoms with E-state index in [2.05, 4.69) is 17.3 Å². The van der Waals surface area contributed by atoms with Crippen LogP contribution in [0.3, 0.4) is 0 Å². The van der Waals surface area contributed by atoms with Crippen LogP contribution in [-0.2, 0) is 6.61 Å². The third-order valence-corrected chi connectivity index (χ3v) is 7.25. The summed E-state index contributed by atoms with van der Waals surface area (Å²) in [4.78, 5) is 15.9. The Balaban J connectivity index is 1.32. The molecule has 6 heteroatoms. The summed E-state index contributed by atoms with van der Waals surface area (Å²) in [6, 6.07) is 9.12. The number of fused-ring (bicyclic) bond motifs is 2. The van der Waals surface area contributed by atoms with Crippen molar-refractivity contribution < 1.29 is 9.53 Å². The molecule has 144 valence electrons. The fraction of sp³-hybridized carbons (Fsp3) is 0.476. The molecule has 2 bridgehead atoms. The second-order valence-electron chi connectivity index (χ2n) is 7.71. The molecule has 1 aromatic heterocycles. The number of hydrogen-bond donors (Lipinski definition) is 1. The molecule has 1 aromatic carbocycles. The Morgan fingerprint density at radius 1 is 1.30 bits per heavy atom. The fourth-order valence-electron chi connectivity index (χ4n) is 4.23. The first-order chi connectivity index (χ1) is 13.0. The zero-order valence-electron chi connectivity index (χ0n) is 15.7. The van der Waals surface area contributed by atoms with E-state index < -0.39 is 0 Å². The van der Waals surface area contributed by atoms with Crippen molar-refractivity contribution in [1.29, 1.82) is 0 Å². The predicted octanol–water partition coefficient (Wildman–Crippen LogP) is 4.64. The van der Waals surface area contributed by atoms with Crippen molar-refractivity contribution in [3.05, 3.63) is 50.7 Å². The van der Waals surface area contributed by atoms with Gasteiger partial charge in [-0.05, 0) is 74.9 Å². The fourth-order valence-corrected chi connectivity index (χ4v) is 5.15. The van der Waals surface area contributed by atoms with E-state index in [0.717, 1.165) is 39.6 Å². The Morgan fingerprint density at radius 2 is 2.04 bits per heavy atom. The van der Waals surface area contributed by atoms with Crippen LogP contribution < -0.4 is 10.1 Å². The number of rotatable bonds is 5. The quantitative estimate of drug-likeness (QED) is 0.788. The normalized spacial score (nSPS) is 24.8. The molecule has 4 nitrogen and oxygen atoms in total. The van der Waals surface area contributed by atoms with Gasteiger partial charge in [0.1, 0.15) is 12.4 Å². The van der Waals surface area contributed by atoms with E-state index in [1.165, 1.54) is 24.2 Å². The lowest BCUT2D eigenvalue weighted by Gasteiger charge is -2.36. The Hall–Kier alpha value is -1.56.